The van der Waals surface area contributed by atoms with E-state index in [4.69, 9.17) is 17.3 Å². The Morgan fingerprint density at radius 2 is 1.94 bits per heavy atom. The van der Waals surface area contributed by atoms with Gasteiger partial charge in [-0.25, -0.2) is 0 Å². The monoisotopic (exact) mass is 236 g/mol. The highest BCUT2D eigenvalue weighted by Gasteiger charge is 2.17. The van der Waals surface area contributed by atoms with Gasteiger partial charge in [-0.05, 0) is 23.8 Å². The average molecular weight is 237 g/mol. The highest BCUT2D eigenvalue weighted by atomic mass is 35.5. The first kappa shape index (κ1) is 11.5. The predicted octanol–water partition coefficient (Wildman–Crippen LogP) is 3.58. The lowest BCUT2D eigenvalue weighted by molar-refractivity contribution is 0.574. The number of aromatic amines is 1. The van der Waals surface area contributed by atoms with Crippen LogP contribution in [0.5, 0.6) is 0 Å². The van der Waals surface area contributed by atoms with Crippen molar-refractivity contribution in [1.29, 1.82) is 0 Å². The van der Waals surface area contributed by atoms with Crippen LogP contribution in [0, 0.1) is 0 Å². The Bertz CT molecular complexity index is 520. The molecule has 1 aromatic carbocycles. The summed E-state index contributed by atoms with van der Waals surface area (Å²) in [6, 6.07) is 6.17. The maximum Gasteiger partial charge on any atom is 0.0650 e. The molecule has 2 nitrogen and oxygen atoms in total. The Labute approximate surface area is 101 Å². The molecule has 0 spiro atoms. The van der Waals surface area contributed by atoms with E-state index in [0.717, 1.165) is 21.5 Å². The van der Waals surface area contributed by atoms with E-state index in [1.165, 1.54) is 5.69 Å². The molecule has 3 heteroatoms. The molecule has 0 aliphatic heterocycles. The number of nitrogens with one attached hydrogen (secondary N) is 1. The molecular weight excluding hydrogens is 220 g/mol. The lowest BCUT2D eigenvalue weighted by Crippen LogP contribution is -2.10. The van der Waals surface area contributed by atoms with E-state index in [1.807, 2.05) is 6.07 Å². The fourth-order valence-electron chi connectivity index (χ4n) is 1.78. The van der Waals surface area contributed by atoms with Gasteiger partial charge in [0.05, 0.1) is 10.5 Å². The Morgan fingerprint density at radius 1 is 1.25 bits per heavy atom. The molecule has 1 aromatic heterocycles. The summed E-state index contributed by atoms with van der Waals surface area (Å²) in [5.41, 5.74) is 9.00. The summed E-state index contributed by atoms with van der Waals surface area (Å²) >= 11 is 6.22. The van der Waals surface area contributed by atoms with Gasteiger partial charge >= 0.3 is 0 Å². The summed E-state index contributed by atoms with van der Waals surface area (Å²) in [6.45, 7) is 7.05. The minimum absolute atomic E-state index is 0.102. The summed E-state index contributed by atoms with van der Waals surface area (Å²) in [5.74, 6) is 0. The van der Waals surface area contributed by atoms with Crippen LogP contribution in [-0.2, 0) is 12.0 Å². The van der Waals surface area contributed by atoms with E-state index < -0.39 is 0 Å². The van der Waals surface area contributed by atoms with Gasteiger partial charge in [0.15, 0.2) is 0 Å². The maximum atomic E-state index is 6.22. The van der Waals surface area contributed by atoms with Gasteiger partial charge in [-0.15, -0.1) is 0 Å². The summed E-state index contributed by atoms with van der Waals surface area (Å²) in [6.07, 6.45) is 0. The number of nitrogens with two attached hydrogens (primary N) is 1. The molecule has 86 valence electrons. The quantitative estimate of drug-likeness (QED) is 0.781. The highest BCUT2D eigenvalue weighted by molar-refractivity contribution is 6.35. The number of H-pyrrole nitrogens is 1. The van der Waals surface area contributed by atoms with Crippen molar-refractivity contribution in [3.05, 3.63) is 34.5 Å². The lowest BCUT2D eigenvalue weighted by Gasteiger charge is -2.15. The molecule has 2 aromatic rings. The van der Waals surface area contributed by atoms with Gasteiger partial charge in [-0.1, -0.05) is 32.4 Å². The molecule has 1 heterocycles. The molecule has 0 aliphatic carbocycles. The molecule has 0 unspecified atom stereocenters. The Morgan fingerprint density at radius 3 is 2.50 bits per heavy atom. The van der Waals surface area contributed by atoms with Crippen LogP contribution in [-0.4, -0.2) is 4.98 Å². The van der Waals surface area contributed by atoms with Crippen LogP contribution >= 0.6 is 11.6 Å². The number of rotatable bonds is 1. The second-order valence-corrected chi connectivity index (χ2v) is 5.59. The highest BCUT2D eigenvalue weighted by Crippen LogP contribution is 2.30. The van der Waals surface area contributed by atoms with Crippen LogP contribution < -0.4 is 5.73 Å². The number of halogens is 1. The van der Waals surface area contributed by atoms with E-state index in [2.05, 4.69) is 37.9 Å². The number of hydrogen-bond acceptors (Lipinski definition) is 1. The second kappa shape index (κ2) is 3.79. The van der Waals surface area contributed by atoms with E-state index >= 15 is 0 Å². The SMILES string of the molecule is CC(C)(C)c1cc2cc(CN)cc(Cl)c2[nH]1. The number of benzene rings is 1. The van der Waals surface area contributed by atoms with Crippen molar-refractivity contribution in [3.63, 3.8) is 0 Å². The minimum Gasteiger partial charge on any atom is -0.357 e. The summed E-state index contributed by atoms with van der Waals surface area (Å²) in [4.78, 5) is 3.38. The first-order chi connectivity index (χ1) is 7.41. The molecule has 0 fully saturated rings. The molecule has 2 rings (SSSR count). The molecule has 0 bridgehead atoms. The van der Waals surface area contributed by atoms with Crippen molar-refractivity contribution in [2.45, 2.75) is 32.7 Å². The van der Waals surface area contributed by atoms with Gasteiger partial charge in [-0.3, -0.25) is 0 Å². The summed E-state index contributed by atoms with van der Waals surface area (Å²) in [7, 11) is 0. The van der Waals surface area contributed by atoms with Crippen molar-refractivity contribution < 1.29 is 0 Å². The van der Waals surface area contributed by atoms with Crippen molar-refractivity contribution in [3.8, 4) is 0 Å². The van der Waals surface area contributed by atoms with E-state index in [9.17, 15) is 0 Å². The molecule has 0 saturated heterocycles. The third kappa shape index (κ3) is 1.95. The van der Waals surface area contributed by atoms with Gasteiger partial charge in [0.2, 0.25) is 0 Å². The Balaban J connectivity index is 2.66. The first-order valence-corrected chi connectivity index (χ1v) is 5.81. The van der Waals surface area contributed by atoms with Gasteiger partial charge in [0, 0.05) is 23.0 Å². The molecule has 16 heavy (non-hydrogen) atoms. The Kier molecular flexibility index (Phi) is 2.72. The standard InChI is InChI=1S/C13H17ClN2/c1-13(2,3)11-6-9-4-8(7-15)5-10(14)12(9)16-11/h4-6,16H,7,15H2,1-3H3. The average Bonchev–Trinajstić information content (AvgIpc) is 2.61. The van der Waals surface area contributed by atoms with Gasteiger partial charge in [-0.2, -0.15) is 0 Å². The third-order valence-corrected chi connectivity index (χ3v) is 3.08. The van der Waals surface area contributed by atoms with Crippen LogP contribution in [0.2, 0.25) is 5.02 Å². The van der Waals surface area contributed by atoms with E-state index in [0.29, 0.717) is 6.54 Å². The largest absolute Gasteiger partial charge is 0.357 e. The maximum absolute atomic E-state index is 6.22. The Hall–Kier alpha value is -0.990. The van der Waals surface area contributed by atoms with Crippen molar-refractivity contribution >= 4 is 22.5 Å². The van der Waals surface area contributed by atoms with Gasteiger partial charge < -0.3 is 10.7 Å². The number of hydrogen-bond donors (Lipinski definition) is 2. The van der Waals surface area contributed by atoms with Crippen LogP contribution in [0.25, 0.3) is 10.9 Å². The number of aromatic nitrogens is 1. The molecule has 0 aliphatic rings. The normalized spacial score (nSPS) is 12.3. The van der Waals surface area contributed by atoms with Crippen LogP contribution in [0.4, 0.5) is 0 Å². The first-order valence-electron chi connectivity index (χ1n) is 5.43. The second-order valence-electron chi connectivity index (χ2n) is 5.18. The summed E-state index contributed by atoms with van der Waals surface area (Å²) < 4.78 is 0. The van der Waals surface area contributed by atoms with Gasteiger partial charge in [0.1, 0.15) is 0 Å². The lowest BCUT2D eigenvalue weighted by atomic mass is 9.92. The zero-order valence-corrected chi connectivity index (χ0v) is 10.7. The third-order valence-electron chi connectivity index (χ3n) is 2.78. The predicted molar refractivity (Wildman–Crippen MR) is 69.9 cm³/mol. The zero-order valence-electron chi connectivity index (χ0n) is 9.89. The van der Waals surface area contributed by atoms with Crippen molar-refractivity contribution in [1.82, 2.24) is 4.98 Å². The topological polar surface area (TPSA) is 41.8 Å². The van der Waals surface area contributed by atoms with E-state index in [-0.39, 0.29) is 5.41 Å². The summed E-state index contributed by atoms with van der Waals surface area (Å²) in [5, 5.41) is 1.88. The molecule has 3 N–H and O–H groups in total. The molecule has 0 amide bonds. The molecular formula is C13H17ClN2. The van der Waals surface area contributed by atoms with Crippen LogP contribution in [0.3, 0.4) is 0 Å². The minimum atomic E-state index is 0.102. The molecule has 0 saturated carbocycles. The fourth-order valence-corrected chi connectivity index (χ4v) is 2.08. The number of fused-ring (bicyclic) bond motifs is 1. The van der Waals surface area contributed by atoms with Crippen LogP contribution in [0.15, 0.2) is 18.2 Å². The van der Waals surface area contributed by atoms with Crippen LogP contribution in [0.1, 0.15) is 32.0 Å². The van der Waals surface area contributed by atoms with Gasteiger partial charge in [0.25, 0.3) is 0 Å². The zero-order chi connectivity index (χ0) is 11.9. The van der Waals surface area contributed by atoms with E-state index in [1.54, 1.807) is 0 Å². The fraction of sp³-hybridized carbons (Fsp3) is 0.385. The van der Waals surface area contributed by atoms with Crippen molar-refractivity contribution in [2.75, 3.05) is 0 Å². The van der Waals surface area contributed by atoms with Crippen molar-refractivity contribution in [2.24, 2.45) is 5.73 Å². The smallest absolute Gasteiger partial charge is 0.0650 e. The molecule has 0 atom stereocenters. The molecule has 0 radical (unpaired) electrons.